The molecule has 0 fully saturated rings. The molecule has 2 unspecified atom stereocenters. The van der Waals surface area contributed by atoms with Gasteiger partial charge in [-0.2, -0.15) is 0 Å². The summed E-state index contributed by atoms with van der Waals surface area (Å²) in [5, 5.41) is 3.50. The minimum atomic E-state index is 0.130. The van der Waals surface area contributed by atoms with E-state index in [2.05, 4.69) is 40.2 Å². The van der Waals surface area contributed by atoms with Crippen LogP contribution in [0.3, 0.4) is 0 Å². The fourth-order valence-corrected chi connectivity index (χ4v) is 2.44. The van der Waals surface area contributed by atoms with E-state index in [0.717, 1.165) is 29.7 Å². The van der Waals surface area contributed by atoms with Crippen LogP contribution in [0, 0.1) is 12.3 Å². The van der Waals surface area contributed by atoms with Crippen LogP contribution in [0.1, 0.15) is 31.4 Å². The number of hydrogen-bond donors (Lipinski definition) is 1. The topological polar surface area (TPSA) is 21.3 Å². The molecule has 1 aliphatic heterocycles. The number of fused-ring (bicyclic) bond motifs is 1. The van der Waals surface area contributed by atoms with Gasteiger partial charge < -0.3 is 4.74 Å². The predicted molar refractivity (Wildman–Crippen MR) is 73.0 cm³/mol. The smallest absolute Gasteiger partial charge is 0.124 e. The number of nitrogens with one attached hydrogen (secondary N) is 1. The minimum absolute atomic E-state index is 0.130. The van der Waals surface area contributed by atoms with Gasteiger partial charge >= 0.3 is 0 Å². The summed E-state index contributed by atoms with van der Waals surface area (Å²) in [6.07, 6.45) is 7.40. The molecule has 1 aromatic rings. The highest BCUT2D eigenvalue weighted by molar-refractivity contribution is 9.10. The van der Waals surface area contributed by atoms with E-state index in [0.29, 0.717) is 0 Å². The molecule has 1 aromatic carbocycles. The maximum Gasteiger partial charge on any atom is 0.124 e. The van der Waals surface area contributed by atoms with E-state index in [1.165, 1.54) is 5.56 Å². The number of benzene rings is 1. The molecule has 0 aliphatic carbocycles. The van der Waals surface area contributed by atoms with Crippen molar-refractivity contribution in [2.75, 3.05) is 6.61 Å². The van der Waals surface area contributed by atoms with Crippen LogP contribution < -0.4 is 10.1 Å². The summed E-state index contributed by atoms with van der Waals surface area (Å²) in [7, 11) is 0. The Labute approximate surface area is 111 Å². The number of rotatable bonds is 3. The Morgan fingerprint density at radius 3 is 3.18 bits per heavy atom. The Morgan fingerprint density at radius 1 is 1.65 bits per heavy atom. The molecular formula is C14H16BrNO. The van der Waals surface area contributed by atoms with Crippen LogP contribution in [0.4, 0.5) is 0 Å². The van der Waals surface area contributed by atoms with Gasteiger partial charge in [0.1, 0.15) is 5.75 Å². The van der Waals surface area contributed by atoms with E-state index >= 15 is 0 Å². The van der Waals surface area contributed by atoms with Crippen molar-refractivity contribution in [3.8, 4) is 18.1 Å². The van der Waals surface area contributed by atoms with Gasteiger partial charge in [0, 0.05) is 22.5 Å². The first-order valence-corrected chi connectivity index (χ1v) is 6.68. The Hall–Kier alpha value is -0.980. The summed E-state index contributed by atoms with van der Waals surface area (Å²) in [6.45, 7) is 2.84. The van der Waals surface area contributed by atoms with Crippen LogP contribution in [0.5, 0.6) is 5.75 Å². The van der Waals surface area contributed by atoms with Crippen molar-refractivity contribution >= 4 is 15.9 Å². The average Bonchev–Trinajstić information content (AvgIpc) is 2.36. The molecule has 1 heterocycles. The zero-order chi connectivity index (χ0) is 12.3. The van der Waals surface area contributed by atoms with Crippen molar-refractivity contribution in [3.05, 3.63) is 28.2 Å². The molecule has 0 radical (unpaired) electrons. The number of hydrogen-bond acceptors (Lipinski definition) is 2. The highest BCUT2D eigenvalue weighted by Crippen LogP contribution is 2.34. The summed E-state index contributed by atoms with van der Waals surface area (Å²) >= 11 is 3.49. The largest absolute Gasteiger partial charge is 0.493 e. The maximum absolute atomic E-state index is 5.65. The lowest BCUT2D eigenvalue weighted by Gasteiger charge is -2.28. The fourth-order valence-electron chi connectivity index (χ4n) is 2.07. The van der Waals surface area contributed by atoms with Crippen LogP contribution in [0.2, 0.25) is 0 Å². The standard InChI is InChI=1S/C14H16BrNO/c1-3-11(4-2)16-13-7-8-17-14-6-5-10(15)9-12(13)14/h1,5-6,9,11,13,16H,4,7-8H2,2H3. The molecule has 0 aromatic heterocycles. The van der Waals surface area contributed by atoms with Gasteiger partial charge in [-0.3, -0.25) is 5.32 Å². The van der Waals surface area contributed by atoms with Crippen LogP contribution in [0.15, 0.2) is 22.7 Å². The summed E-state index contributed by atoms with van der Waals surface area (Å²) in [6, 6.07) is 6.53. The molecular weight excluding hydrogens is 278 g/mol. The van der Waals surface area contributed by atoms with Gasteiger partial charge in [0.25, 0.3) is 0 Å². The highest BCUT2D eigenvalue weighted by atomic mass is 79.9. The van der Waals surface area contributed by atoms with Crippen molar-refractivity contribution in [1.82, 2.24) is 5.32 Å². The molecule has 17 heavy (non-hydrogen) atoms. The van der Waals surface area contributed by atoms with Crippen molar-refractivity contribution in [2.45, 2.75) is 31.8 Å². The van der Waals surface area contributed by atoms with Crippen molar-refractivity contribution in [2.24, 2.45) is 0 Å². The summed E-state index contributed by atoms with van der Waals surface area (Å²) in [4.78, 5) is 0. The monoisotopic (exact) mass is 293 g/mol. The van der Waals surface area contributed by atoms with Crippen LogP contribution in [-0.4, -0.2) is 12.6 Å². The third-order valence-electron chi connectivity index (χ3n) is 3.02. The first kappa shape index (κ1) is 12.5. The molecule has 1 N–H and O–H groups in total. The molecule has 2 nitrogen and oxygen atoms in total. The van der Waals surface area contributed by atoms with Gasteiger partial charge in [0.2, 0.25) is 0 Å². The molecule has 90 valence electrons. The van der Waals surface area contributed by atoms with Crippen molar-refractivity contribution in [1.29, 1.82) is 0 Å². The molecule has 0 saturated heterocycles. The Kier molecular flexibility index (Phi) is 4.09. The predicted octanol–water partition coefficient (Wildman–Crippen LogP) is 3.27. The maximum atomic E-state index is 5.65. The second-order valence-corrected chi connectivity index (χ2v) is 5.08. The lowest BCUT2D eigenvalue weighted by atomic mass is 9.99. The van der Waals surface area contributed by atoms with E-state index in [1.54, 1.807) is 0 Å². The lowest BCUT2D eigenvalue weighted by molar-refractivity contribution is 0.248. The Bertz CT molecular complexity index is 438. The molecule has 0 saturated carbocycles. The van der Waals surface area contributed by atoms with Crippen LogP contribution in [0.25, 0.3) is 0 Å². The number of ether oxygens (including phenoxy) is 1. The first-order valence-electron chi connectivity index (χ1n) is 5.89. The summed E-state index contributed by atoms with van der Waals surface area (Å²) in [5.74, 6) is 3.74. The molecule has 3 heteroatoms. The molecule has 1 aliphatic rings. The van der Waals surface area contributed by atoms with Crippen LogP contribution >= 0.6 is 15.9 Å². The number of terminal acetylenes is 1. The second kappa shape index (κ2) is 5.57. The minimum Gasteiger partial charge on any atom is -0.493 e. The van der Waals surface area contributed by atoms with E-state index in [1.807, 2.05) is 12.1 Å². The van der Waals surface area contributed by atoms with E-state index in [4.69, 9.17) is 11.2 Å². The Balaban J connectivity index is 2.22. The van der Waals surface area contributed by atoms with Gasteiger partial charge in [-0.25, -0.2) is 0 Å². The van der Waals surface area contributed by atoms with Gasteiger partial charge in [0.05, 0.1) is 12.6 Å². The van der Waals surface area contributed by atoms with Crippen molar-refractivity contribution in [3.63, 3.8) is 0 Å². The highest BCUT2D eigenvalue weighted by Gasteiger charge is 2.22. The SMILES string of the molecule is C#CC(CC)NC1CCOc2ccc(Br)cc21. The Morgan fingerprint density at radius 2 is 2.47 bits per heavy atom. The third-order valence-corrected chi connectivity index (χ3v) is 3.52. The summed E-state index contributed by atoms with van der Waals surface area (Å²) in [5.41, 5.74) is 1.19. The molecule has 2 rings (SSSR count). The van der Waals surface area contributed by atoms with E-state index in [9.17, 15) is 0 Å². The molecule has 0 spiro atoms. The quantitative estimate of drug-likeness (QED) is 0.864. The molecule has 0 amide bonds. The lowest BCUT2D eigenvalue weighted by Crippen LogP contribution is -2.34. The van der Waals surface area contributed by atoms with Gasteiger partial charge in [-0.05, 0) is 24.6 Å². The van der Waals surface area contributed by atoms with E-state index in [-0.39, 0.29) is 12.1 Å². The van der Waals surface area contributed by atoms with Crippen LogP contribution in [-0.2, 0) is 0 Å². The summed E-state index contributed by atoms with van der Waals surface area (Å²) < 4.78 is 6.72. The van der Waals surface area contributed by atoms with Gasteiger partial charge in [-0.15, -0.1) is 6.42 Å². The van der Waals surface area contributed by atoms with Gasteiger partial charge in [0.15, 0.2) is 0 Å². The van der Waals surface area contributed by atoms with E-state index < -0.39 is 0 Å². The normalized spacial score (nSPS) is 19.9. The average molecular weight is 294 g/mol. The molecule has 2 atom stereocenters. The zero-order valence-electron chi connectivity index (χ0n) is 9.87. The zero-order valence-corrected chi connectivity index (χ0v) is 11.5. The number of halogens is 1. The first-order chi connectivity index (χ1) is 8.24. The second-order valence-electron chi connectivity index (χ2n) is 4.17. The third kappa shape index (κ3) is 2.83. The van der Waals surface area contributed by atoms with Gasteiger partial charge in [-0.1, -0.05) is 28.8 Å². The molecule has 0 bridgehead atoms. The fraction of sp³-hybridized carbons (Fsp3) is 0.429. The van der Waals surface area contributed by atoms with Crippen molar-refractivity contribution < 1.29 is 4.74 Å².